The van der Waals surface area contributed by atoms with E-state index in [1.807, 2.05) is 19.6 Å². The number of anilines is 1. The van der Waals surface area contributed by atoms with E-state index < -0.39 is 0 Å². The average Bonchev–Trinajstić information content (AvgIpc) is 2.90. The number of hydrogen-bond acceptors (Lipinski definition) is 4. The topological polar surface area (TPSA) is 55.6 Å². The van der Waals surface area contributed by atoms with E-state index in [1.54, 1.807) is 0 Å². The maximum absolute atomic E-state index is 4.74. The number of imidazole rings is 1. The second-order valence-electron chi connectivity index (χ2n) is 4.63. The second-order valence-corrected chi connectivity index (χ2v) is 5.71. The van der Waals surface area contributed by atoms with Gasteiger partial charge in [-0.3, -0.25) is 0 Å². The van der Waals surface area contributed by atoms with Crippen molar-refractivity contribution in [2.75, 3.05) is 12.4 Å². The lowest BCUT2D eigenvalue weighted by atomic mass is 10.2. The fourth-order valence-corrected chi connectivity index (χ4v) is 2.88. The normalized spacial score (nSPS) is 10.8. The Kier molecular flexibility index (Phi) is 5.33. The molecular weight excluding hydrogens is 365 g/mol. The molecule has 0 unspecified atom stereocenters. The highest BCUT2D eigenvalue weighted by Crippen LogP contribution is 2.24. The average molecular weight is 385 g/mol. The number of hydrogen-bond donors (Lipinski definition) is 1. The Bertz CT molecular complexity index is 579. The molecule has 2 aromatic rings. The summed E-state index contributed by atoms with van der Waals surface area (Å²) in [6.45, 7) is 5.25. The van der Waals surface area contributed by atoms with Crippen molar-refractivity contribution >= 4 is 28.4 Å². The first-order chi connectivity index (χ1) is 9.71. The first-order valence-corrected chi connectivity index (χ1v) is 8.03. The molecule has 6 heteroatoms. The maximum Gasteiger partial charge on any atom is 0.180 e. The van der Waals surface area contributed by atoms with E-state index in [-0.39, 0.29) is 0 Å². The van der Waals surface area contributed by atoms with Crippen LogP contribution in [0, 0.1) is 3.57 Å². The Morgan fingerprint density at radius 2 is 2.05 bits per heavy atom. The van der Waals surface area contributed by atoms with Gasteiger partial charge in [0.05, 0.1) is 21.8 Å². The molecule has 2 rings (SSSR count). The molecule has 0 aromatic carbocycles. The summed E-state index contributed by atoms with van der Waals surface area (Å²) in [6, 6.07) is 0. The van der Waals surface area contributed by atoms with E-state index in [0.29, 0.717) is 0 Å². The minimum atomic E-state index is 0.754. The van der Waals surface area contributed by atoms with Gasteiger partial charge in [0, 0.05) is 13.6 Å². The van der Waals surface area contributed by atoms with Gasteiger partial charge in [-0.2, -0.15) is 0 Å². The first kappa shape index (κ1) is 15.2. The van der Waals surface area contributed by atoms with Crippen LogP contribution in [-0.4, -0.2) is 26.6 Å². The van der Waals surface area contributed by atoms with Crippen molar-refractivity contribution in [3.05, 3.63) is 21.8 Å². The van der Waals surface area contributed by atoms with Gasteiger partial charge < -0.3 is 9.88 Å². The lowest BCUT2D eigenvalue weighted by Crippen LogP contribution is -2.07. The monoisotopic (exact) mass is 385 g/mol. The Morgan fingerprint density at radius 3 is 2.70 bits per heavy atom. The van der Waals surface area contributed by atoms with E-state index in [9.17, 15) is 0 Å². The zero-order valence-electron chi connectivity index (χ0n) is 12.1. The van der Waals surface area contributed by atoms with Gasteiger partial charge >= 0.3 is 0 Å². The zero-order valence-corrected chi connectivity index (χ0v) is 14.3. The molecular formula is C14H20IN5. The van der Waals surface area contributed by atoms with Gasteiger partial charge in [-0.1, -0.05) is 20.3 Å². The van der Waals surface area contributed by atoms with Crippen LogP contribution < -0.4 is 5.32 Å². The number of aryl methyl sites for hydroxylation is 2. The summed E-state index contributed by atoms with van der Waals surface area (Å²) < 4.78 is 3.22. The summed E-state index contributed by atoms with van der Waals surface area (Å²) in [7, 11) is 1.90. The molecule has 0 amide bonds. The van der Waals surface area contributed by atoms with E-state index in [2.05, 4.69) is 56.3 Å². The van der Waals surface area contributed by atoms with Gasteiger partial charge in [0.25, 0.3) is 0 Å². The Balaban J connectivity index is 2.50. The molecule has 0 aliphatic heterocycles. The fraction of sp³-hybridized carbons (Fsp3) is 0.500. The van der Waals surface area contributed by atoms with Gasteiger partial charge in [-0.15, -0.1) is 0 Å². The number of rotatable bonds is 6. The van der Waals surface area contributed by atoms with Crippen molar-refractivity contribution in [2.24, 2.45) is 0 Å². The highest BCUT2D eigenvalue weighted by atomic mass is 127. The third kappa shape index (κ3) is 3.11. The van der Waals surface area contributed by atoms with Crippen molar-refractivity contribution < 1.29 is 0 Å². The SMILES string of the molecule is CCCc1nc(-c2cncn2CCC)nc(NC)c1I. The predicted molar refractivity (Wildman–Crippen MR) is 89.8 cm³/mol. The first-order valence-electron chi connectivity index (χ1n) is 6.95. The molecule has 0 atom stereocenters. The smallest absolute Gasteiger partial charge is 0.180 e. The number of aromatic nitrogens is 4. The highest BCUT2D eigenvalue weighted by Gasteiger charge is 2.14. The van der Waals surface area contributed by atoms with Crippen molar-refractivity contribution in [3.63, 3.8) is 0 Å². The molecule has 5 nitrogen and oxygen atoms in total. The number of halogens is 1. The Labute approximate surface area is 133 Å². The summed E-state index contributed by atoms with van der Waals surface area (Å²) in [5.41, 5.74) is 2.09. The quantitative estimate of drug-likeness (QED) is 0.775. The molecule has 0 saturated heterocycles. The lowest BCUT2D eigenvalue weighted by Gasteiger charge is -2.12. The summed E-state index contributed by atoms with van der Waals surface area (Å²) in [4.78, 5) is 13.6. The van der Waals surface area contributed by atoms with Crippen molar-refractivity contribution in [3.8, 4) is 11.5 Å². The van der Waals surface area contributed by atoms with Gasteiger partial charge in [0.15, 0.2) is 5.82 Å². The summed E-state index contributed by atoms with van der Waals surface area (Å²) in [5, 5.41) is 3.16. The second kappa shape index (κ2) is 7.01. The van der Waals surface area contributed by atoms with E-state index in [0.717, 1.165) is 52.4 Å². The van der Waals surface area contributed by atoms with Crippen LogP contribution in [0.2, 0.25) is 0 Å². The molecule has 0 aliphatic rings. The van der Waals surface area contributed by atoms with Gasteiger partial charge in [0.2, 0.25) is 0 Å². The minimum absolute atomic E-state index is 0.754. The summed E-state index contributed by atoms with van der Waals surface area (Å²) in [5.74, 6) is 1.65. The zero-order chi connectivity index (χ0) is 14.5. The molecule has 0 fully saturated rings. The molecule has 0 saturated carbocycles. The van der Waals surface area contributed by atoms with E-state index in [1.165, 1.54) is 0 Å². The largest absolute Gasteiger partial charge is 0.372 e. The molecule has 108 valence electrons. The van der Waals surface area contributed by atoms with Crippen LogP contribution in [0.25, 0.3) is 11.5 Å². The standard InChI is InChI=1S/C14H20IN5/c1-4-6-10-12(15)14(16-3)19-13(18-10)11-8-17-9-20(11)7-5-2/h8-9H,4-7H2,1-3H3,(H,16,18,19). The third-order valence-electron chi connectivity index (χ3n) is 3.05. The van der Waals surface area contributed by atoms with Crippen LogP contribution in [0.1, 0.15) is 32.4 Å². The van der Waals surface area contributed by atoms with Crippen LogP contribution in [0.3, 0.4) is 0 Å². The molecule has 0 spiro atoms. The van der Waals surface area contributed by atoms with Gasteiger partial charge in [-0.25, -0.2) is 15.0 Å². The van der Waals surface area contributed by atoms with Crippen molar-refractivity contribution in [1.29, 1.82) is 0 Å². The Morgan fingerprint density at radius 1 is 1.25 bits per heavy atom. The molecule has 2 aromatic heterocycles. The maximum atomic E-state index is 4.74. The molecule has 1 N–H and O–H groups in total. The highest BCUT2D eigenvalue weighted by molar-refractivity contribution is 14.1. The molecule has 0 radical (unpaired) electrons. The fourth-order valence-electron chi connectivity index (χ4n) is 2.10. The Hall–Kier alpha value is -1.18. The molecule has 0 aliphatic carbocycles. The van der Waals surface area contributed by atoms with E-state index in [4.69, 9.17) is 4.98 Å². The van der Waals surface area contributed by atoms with Gasteiger partial charge in [0.1, 0.15) is 11.5 Å². The summed E-state index contributed by atoms with van der Waals surface area (Å²) >= 11 is 2.31. The van der Waals surface area contributed by atoms with Crippen LogP contribution in [0.5, 0.6) is 0 Å². The molecule has 0 bridgehead atoms. The van der Waals surface area contributed by atoms with Crippen LogP contribution in [0.4, 0.5) is 5.82 Å². The van der Waals surface area contributed by atoms with Gasteiger partial charge in [-0.05, 0) is 35.4 Å². The minimum Gasteiger partial charge on any atom is -0.372 e. The van der Waals surface area contributed by atoms with Crippen LogP contribution in [0.15, 0.2) is 12.5 Å². The predicted octanol–water partition coefficient (Wildman–Crippen LogP) is 3.35. The van der Waals surface area contributed by atoms with Crippen LogP contribution >= 0.6 is 22.6 Å². The molecule has 20 heavy (non-hydrogen) atoms. The van der Waals surface area contributed by atoms with Crippen molar-refractivity contribution in [2.45, 2.75) is 39.7 Å². The molecule has 2 heterocycles. The number of nitrogens with zero attached hydrogens (tertiary/aromatic N) is 4. The van der Waals surface area contributed by atoms with Crippen molar-refractivity contribution in [1.82, 2.24) is 19.5 Å². The number of nitrogens with one attached hydrogen (secondary N) is 1. The third-order valence-corrected chi connectivity index (χ3v) is 4.18. The van der Waals surface area contributed by atoms with Crippen LogP contribution in [-0.2, 0) is 13.0 Å². The summed E-state index contributed by atoms with van der Waals surface area (Å²) in [6.07, 6.45) is 6.79. The lowest BCUT2D eigenvalue weighted by molar-refractivity contribution is 0.680. The van der Waals surface area contributed by atoms with E-state index >= 15 is 0 Å².